The lowest BCUT2D eigenvalue weighted by atomic mass is 10.3. The Hall–Kier alpha value is 0.0200. The minimum atomic E-state index is -4.04. The van der Waals surface area contributed by atoms with Crippen LogP contribution < -0.4 is 5.14 Å². The number of benzene rings is 1. The van der Waals surface area contributed by atoms with E-state index in [1.807, 2.05) is 0 Å². The summed E-state index contributed by atoms with van der Waals surface area (Å²) >= 11 is 5.75. The number of halogens is 3. The van der Waals surface area contributed by atoms with Crippen molar-refractivity contribution in [2.45, 2.75) is 4.90 Å². The fourth-order valence-electron chi connectivity index (χ4n) is 0.769. The van der Waals surface area contributed by atoms with Gasteiger partial charge in [0.25, 0.3) is 0 Å². The van der Waals surface area contributed by atoms with Gasteiger partial charge in [0.1, 0.15) is 4.90 Å². The normalized spacial score (nSPS) is 11.7. The maximum atomic E-state index is 13.2. The number of nitrogens with two attached hydrogens (primary N) is 1. The second-order valence-corrected chi connectivity index (χ2v) is 5.42. The van der Waals surface area contributed by atoms with Crippen LogP contribution in [0.15, 0.2) is 26.0 Å². The first-order valence-corrected chi connectivity index (χ1v) is 6.13. The Kier molecular flexibility index (Phi) is 3.11. The van der Waals surface area contributed by atoms with E-state index in [2.05, 4.69) is 31.9 Å². The highest BCUT2D eigenvalue weighted by atomic mass is 79.9. The van der Waals surface area contributed by atoms with E-state index in [1.54, 1.807) is 0 Å². The average Bonchev–Trinajstić information content (AvgIpc) is 1.95. The van der Waals surface area contributed by atoms with Gasteiger partial charge in [-0.25, -0.2) is 17.9 Å². The summed E-state index contributed by atoms with van der Waals surface area (Å²) in [6.45, 7) is 0. The van der Waals surface area contributed by atoms with Gasteiger partial charge in [-0.3, -0.25) is 0 Å². The van der Waals surface area contributed by atoms with E-state index in [1.165, 1.54) is 12.1 Å². The third kappa shape index (κ3) is 2.28. The lowest BCUT2D eigenvalue weighted by molar-refractivity contribution is 0.562. The van der Waals surface area contributed by atoms with Crippen LogP contribution in [-0.4, -0.2) is 8.42 Å². The third-order valence-electron chi connectivity index (χ3n) is 1.29. The summed E-state index contributed by atoms with van der Waals surface area (Å²) in [6.07, 6.45) is 0. The van der Waals surface area contributed by atoms with Crippen LogP contribution in [0.1, 0.15) is 0 Å². The molecule has 2 N–H and O–H groups in total. The van der Waals surface area contributed by atoms with Gasteiger partial charge < -0.3 is 0 Å². The predicted molar refractivity (Wildman–Crippen MR) is 53.2 cm³/mol. The molecule has 0 atom stereocenters. The molecular weight excluding hydrogens is 329 g/mol. The van der Waals surface area contributed by atoms with E-state index < -0.39 is 20.7 Å². The molecule has 0 heterocycles. The minimum Gasteiger partial charge on any atom is -0.224 e. The molecule has 0 spiro atoms. The molecule has 7 heteroatoms. The van der Waals surface area contributed by atoms with Crippen molar-refractivity contribution in [3.63, 3.8) is 0 Å². The van der Waals surface area contributed by atoms with Gasteiger partial charge in [-0.05, 0) is 44.0 Å². The zero-order chi connectivity index (χ0) is 10.2. The van der Waals surface area contributed by atoms with E-state index in [0.29, 0.717) is 0 Å². The summed E-state index contributed by atoms with van der Waals surface area (Å²) in [6, 6.07) is 2.78. The van der Waals surface area contributed by atoms with E-state index in [0.717, 1.165) is 0 Å². The fourth-order valence-corrected chi connectivity index (χ4v) is 2.91. The summed E-state index contributed by atoms with van der Waals surface area (Å²) in [7, 11) is -4.04. The predicted octanol–water partition coefficient (Wildman–Crippen LogP) is 2.00. The SMILES string of the molecule is NS(=O)(=O)c1c(Br)ccc(Br)c1F. The molecular formula is C6H4Br2FNO2S. The molecule has 0 bridgehead atoms. The van der Waals surface area contributed by atoms with E-state index in [-0.39, 0.29) is 8.95 Å². The van der Waals surface area contributed by atoms with Crippen molar-refractivity contribution < 1.29 is 12.8 Å². The standard InChI is InChI=1S/C6H4Br2FNO2S/c7-3-1-2-4(8)6(5(3)9)13(10,11)12/h1-2H,(H2,10,11,12). The van der Waals surface area contributed by atoms with E-state index in [4.69, 9.17) is 5.14 Å². The van der Waals surface area contributed by atoms with Gasteiger partial charge in [-0.1, -0.05) is 0 Å². The van der Waals surface area contributed by atoms with Crippen molar-refractivity contribution in [2.75, 3.05) is 0 Å². The summed E-state index contributed by atoms with van der Waals surface area (Å²) in [5, 5.41) is 4.81. The Morgan fingerprint density at radius 3 is 2.08 bits per heavy atom. The Bertz CT molecular complexity index is 446. The van der Waals surface area contributed by atoms with Gasteiger partial charge in [0.15, 0.2) is 5.82 Å². The van der Waals surface area contributed by atoms with Crippen molar-refractivity contribution in [2.24, 2.45) is 5.14 Å². The molecule has 0 unspecified atom stereocenters. The monoisotopic (exact) mass is 331 g/mol. The maximum Gasteiger partial charge on any atom is 0.242 e. The topological polar surface area (TPSA) is 60.2 Å². The highest BCUT2D eigenvalue weighted by molar-refractivity contribution is 9.11. The molecule has 0 aliphatic carbocycles. The first-order chi connectivity index (χ1) is 5.84. The number of hydrogen-bond acceptors (Lipinski definition) is 2. The maximum absolute atomic E-state index is 13.2. The van der Waals surface area contributed by atoms with E-state index in [9.17, 15) is 12.8 Å². The highest BCUT2D eigenvalue weighted by Crippen LogP contribution is 2.28. The molecule has 0 fully saturated rings. The Morgan fingerprint density at radius 1 is 1.23 bits per heavy atom. The fraction of sp³-hybridized carbons (Fsp3) is 0. The third-order valence-corrected chi connectivity index (χ3v) is 3.79. The summed E-state index contributed by atoms with van der Waals surface area (Å²) in [4.78, 5) is -0.540. The number of sulfonamides is 1. The molecule has 0 aromatic heterocycles. The van der Waals surface area contributed by atoms with Gasteiger partial charge in [-0.2, -0.15) is 0 Å². The van der Waals surface area contributed by atoms with Crippen LogP contribution in [0.25, 0.3) is 0 Å². The number of rotatable bonds is 1. The summed E-state index contributed by atoms with van der Waals surface area (Å²) in [5.74, 6) is -0.892. The van der Waals surface area contributed by atoms with Crippen LogP contribution in [0.4, 0.5) is 4.39 Å². The van der Waals surface area contributed by atoms with Crippen LogP contribution in [0, 0.1) is 5.82 Å². The van der Waals surface area contributed by atoms with Gasteiger partial charge in [0.2, 0.25) is 10.0 Å². The second kappa shape index (κ2) is 3.64. The molecule has 1 aromatic carbocycles. The number of hydrogen-bond donors (Lipinski definition) is 1. The van der Waals surface area contributed by atoms with Crippen LogP contribution in [0.5, 0.6) is 0 Å². The Morgan fingerprint density at radius 2 is 1.69 bits per heavy atom. The van der Waals surface area contributed by atoms with Crippen LogP contribution in [0.2, 0.25) is 0 Å². The molecule has 0 saturated carbocycles. The van der Waals surface area contributed by atoms with Crippen LogP contribution in [-0.2, 0) is 10.0 Å². The molecule has 0 amide bonds. The Labute approximate surface area is 91.4 Å². The van der Waals surface area contributed by atoms with Crippen molar-refractivity contribution in [3.8, 4) is 0 Å². The van der Waals surface area contributed by atoms with Crippen molar-refractivity contribution >= 4 is 41.9 Å². The van der Waals surface area contributed by atoms with Gasteiger partial charge in [-0.15, -0.1) is 0 Å². The van der Waals surface area contributed by atoms with Crippen molar-refractivity contribution in [3.05, 3.63) is 26.9 Å². The first kappa shape index (κ1) is 11.1. The molecule has 0 saturated heterocycles. The van der Waals surface area contributed by atoms with Crippen molar-refractivity contribution in [1.82, 2.24) is 0 Å². The van der Waals surface area contributed by atoms with Gasteiger partial charge in [0.05, 0.1) is 4.47 Å². The molecule has 1 aromatic rings. The van der Waals surface area contributed by atoms with E-state index >= 15 is 0 Å². The molecule has 72 valence electrons. The molecule has 3 nitrogen and oxygen atoms in total. The zero-order valence-corrected chi connectivity index (χ0v) is 10.1. The largest absolute Gasteiger partial charge is 0.242 e. The zero-order valence-electron chi connectivity index (χ0n) is 6.09. The quantitative estimate of drug-likeness (QED) is 0.799. The van der Waals surface area contributed by atoms with Crippen LogP contribution >= 0.6 is 31.9 Å². The lowest BCUT2D eigenvalue weighted by Gasteiger charge is -2.04. The lowest BCUT2D eigenvalue weighted by Crippen LogP contribution is -2.15. The smallest absolute Gasteiger partial charge is 0.224 e. The molecule has 1 rings (SSSR count). The minimum absolute atomic E-state index is 0.0553. The molecule has 0 radical (unpaired) electrons. The molecule has 0 aliphatic heterocycles. The first-order valence-electron chi connectivity index (χ1n) is 3.00. The average molecular weight is 333 g/mol. The molecule has 0 aliphatic rings. The van der Waals surface area contributed by atoms with Crippen LogP contribution in [0.3, 0.4) is 0 Å². The second-order valence-electron chi connectivity index (χ2n) is 2.22. The summed E-state index contributed by atoms with van der Waals surface area (Å²) in [5.41, 5.74) is 0. The van der Waals surface area contributed by atoms with Gasteiger partial charge >= 0.3 is 0 Å². The number of primary sulfonamides is 1. The van der Waals surface area contributed by atoms with Crippen molar-refractivity contribution in [1.29, 1.82) is 0 Å². The summed E-state index contributed by atoms with van der Waals surface area (Å²) < 4.78 is 35.2. The highest BCUT2D eigenvalue weighted by Gasteiger charge is 2.20. The molecule has 13 heavy (non-hydrogen) atoms. The Balaban J connectivity index is 3.62. The van der Waals surface area contributed by atoms with Gasteiger partial charge in [0, 0.05) is 4.47 Å².